The maximum absolute atomic E-state index is 12.4. The van der Waals surface area contributed by atoms with Crippen LogP contribution in [0.2, 0.25) is 0 Å². The highest BCUT2D eigenvalue weighted by atomic mass is 79.9. The fourth-order valence-electron chi connectivity index (χ4n) is 2.38. The largest absolute Gasteiger partial charge is 0.465 e. The lowest BCUT2D eigenvalue weighted by Gasteiger charge is -2.27. The minimum atomic E-state index is -0.501. The van der Waals surface area contributed by atoms with Crippen molar-refractivity contribution in [3.63, 3.8) is 0 Å². The number of nitrogens with zero attached hydrogens (tertiary/aromatic N) is 1. The van der Waals surface area contributed by atoms with E-state index in [9.17, 15) is 9.59 Å². The van der Waals surface area contributed by atoms with Gasteiger partial charge in [-0.2, -0.15) is 0 Å². The van der Waals surface area contributed by atoms with Crippen molar-refractivity contribution in [1.82, 2.24) is 0 Å². The normalized spacial score (nSPS) is 15.1. The molecule has 0 spiro atoms. The Bertz CT molecular complexity index is 779. The van der Waals surface area contributed by atoms with Crippen LogP contribution in [0.5, 0.6) is 0 Å². The number of hydrogen-bond acceptors (Lipinski definition) is 6. The van der Waals surface area contributed by atoms with E-state index in [2.05, 4.69) is 20.7 Å². The van der Waals surface area contributed by atoms with Gasteiger partial charge in [-0.25, -0.2) is 4.79 Å². The summed E-state index contributed by atoms with van der Waals surface area (Å²) in [6.07, 6.45) is 0. The summed E-state index contributed by atoms with van der Waals surface area (Å²) in [4.78, 5) is 26.0. The first-order valence-corrected chi connectivity index (χ1v) is 7.58. The summed E-state index contributed by atoms with van der Waals surface area (Å²) >= 11 is 3.35. The van der Waals surface area contributed by atoms with Crippen molar-refractivity contribution in [3.05, 3.63) is 38.5 Å². The molecule has 1 aliphatic heterocycles. The molecule has 7 heteroatoms. The Labute approximate surface area is 134 Å². The molecule has 22 heavy (non-hydrogen) atoms. The Balaban J connectivity index is 2.12. The number of methoxy groups -OCH3 is 1. The van der Waals surface area contributed by atoms with Gasteiger partial charge in [-0.05, 0) is 28.1 Å². The summed E-state index contributed by atoms with van der Waals surface area (Å²) in [5, 5.41) is 0.340. The molecule has 3 rings (SSSR count). The van der Waals surface area contributed by atoms with Gasteiger partial charge in [0.25, 0.3) is 0 Å². The van der Waals surface area contributed by atoms with Gasteiger partial charge in [0.05, 0.1) is 35.7 Å². The first-order valence-electron chi connectivity index (χ1n) is 6.78. The van der Waals surface area contributed by atoms with E-state index in [0.29, 0.717) is 53.2 Å². The Morgan fingerprint density at radius 2 is 2.00 bits per heavy atom. The molecule has 1 fully saturated rings. The molecule has 0 bridgehead atoms. The number of halogens is 1. The smallest absolute Gasteiger partial charge is 0.337 e. The number of carbonyl (C=O) groups is 1. The zero-order valence-corrected chi connectivity index (χ0v) is 13.5. The standard InChI is InChI=1S/C15H14BrNO5/c1-20-15(19)9-6-10-12(18)8-13(17-2-4-21-5-3-17)22-14(10)11(16)7-9/h6-8H,2-5H2,1H3. The van der Waals surface area contributed by atoms with Crippen molar-refractivity contribution in [3.8, 4) is 0 Å². The van der Waals surface area contributed by atoms with E-state index in [1.807, 2.05) is 4.90 Å². The van der Waals surface area contributed by atoms with Crippen LogP contribution in [0.15, 0.2) is 31.9 Å². The third-order valence-corrected chi connectivity index (χ3v) is 4.10. The Kier molecular flexibility index (Phi) is 4.17. The third-order valence-electron chi connectivity index (χ3n) is 3.51. The molecular formula is C15H14BrNO5. The van der Waals surface area contributed by atoms with E-state index < -0.39 is 5.97 Å². The molecule has 1 saturated heterocycles. The van der Waals surface area contributed by atoms with Crippen LogP contribution >= 0.6 is 15.9 Å². The monoisotopic (exact) mass is 367 g/mol. The summed E-state index contributed by atoms with van der Waals surface area (Å²) in [6, 6.07) is 4.52. The van der Waals surface area contributed by atoms with Gasteiger partial charge in [-0.15, -0.1) is 0 Å². The van der Waals surface area contributed by atoms with Crippen LogP contribution in [-0.2, 0) is 9.47 Å². The number of rotatable bonds is 2. The molecule has 1 aromatic carbocycles. The molecule has 0 N–H and O–H groups in total. The molecule has 0 atom stereocenters. The van der Waals surface area contributed by atoms with Crippen molar-refractivity contribution in [1.29, 1.82) is 0 Å². The highest BCUT2D eigenvalue weighted by molar-refractivity contribution is 9.10. The molecular weight excluding hydrogens is 354 g/mol. The molecule has 0 aliphatic carbocycles. The first kappa shape index (κ1) is 15.1. The van der Waals surface area contributed by atoms with Crippen LogP contribution in [0, 0.1) is 0 Å². The van der Waals surface area contributed by atoms with E-state index in [0.717, 1.165) is 0 Å². The molecule has 0 saturated carbocycles. The summed E-state index contributed by atoms with van der Waals surface area (Å²) < 4.78 is 16.4. The Morgan fingerprint density at radius 3 is 2.68 bits per heavy atom. The fourth-order valence-corrected chi connectivity index (χ4v) is 2.92. The number of anilines is 1. The highest BCUT2D eigenvalue weighted by Crippen LogP contribution is 2.28. The first-order chi connectivity index (χ1) is 10.6. The van der Waals surface area contributed by atoms with Crippen molar-refractivity contribution in [2.75, 3.05) is 38.3 Å². The van der Waals surface area contributed by atoms with Gasteiger partial charge in [0.2, 0.25) is 0 Å². The summed E-state index contributed by atoms with van der Waals surface area (Å²) in [7, 11) is 1.30. The van der Waals surface area contributed by atoms with Crippen LogP contribution in [0.4, 0.5) is 5.88 Å². The maximum atomic E-state index is 12.4. The van der Waals surface area contributed by atoms with Gasteiger partial charge in [0, 0.05) is 19.2 Å². The molecule has 0 radical (unpaired) electrons. The van der Waals surface area contributed by atoms with Crippen molar-refractivity contribution in [2.45, 2.75) is 0 Å². The minimum Gasteiger partial charge on any atom is -0.465 e. The van der Waals surface area contributed by atoms with Crippen LogP contribution < -0.4 is 10.3 Å². The van der Waals surface area contributed by atoms with E-state index >= 15 is 0 Å². The lowest BCUT2D eigenvalue weighted by atomic mass is 10.1. The number of benzene rings is 1. The number of esters is 1. The van der Waals surface area contributed by atoms with E-state index in [1.54, 1.807) is 6.07 Å². The van der Waals surface area contributed by atoms with Crippen molar-refractivity contribution < 1.29 is 18.7 Å². The predicted octanol–water partition coefficient (Wildman–Crippen LogP) is 2.18. The lowest BCUT2D eigenvalue weighted by molar-refractivity contribution is 0.0601. The molecule has 6 nitrogen and oxygen atoms in total. The average Bonchev–Trinajstić information content (AvgIpc) is 2.55. The predicted molar refractivity (Wildman–Crippen MR) is 84.6 cm³/mol. The van der Waals surface area contributed by atoms with Crippen LogP contribution in [0.1, 0.15) is 10.4 Å². The molecule has 0 amide bonds. The molecule has 2 aromatic rings. The topological polar surface area (TPSA) is 69.0 Å². The molecule has 1 aromatic heterocycles. The number of hydrogen-bond donors (Lipinski definition) is 0. The maximum Gasteiger partial charge on any atom is 0.337 e. The molecule has 1 aliphatic rings. The van der Waals surface area contributed by atoms with Gasteiger partial charge in [-0.1, -0.05) is 0 Å². The van der Waals surface area contributed by atoms with Gasteiger partial charge in [0.1, 0.15) is 0 Å². The van der Waals surface area contributed by atoms with Crippen molar-refractivity contribution in [2.24, 2.45) is 0 Å². The Hall–Kier alpha value is -1.86. The number of fused-ring (bicyclic) bond motifs is 1. The minimum absolute atomic E-state index is 0.200. The lowest BCUT2D eigenvalue weighted by Crippen LogP contribution is -2.36. The molecule has 2 heterocycles. The summed E-state index contributed by atoms with van der Waals surface area (Å²) in [5.74, 6) is 0.00609. The van der Waals surface area contributed by atoms with Gasteiger partial charge in [0.15, 0.2) is 16.9 Å². The quantitative estimate of drug-likeness (QED) is 0.757. The molecule has 0 unspecified atom stereocenters. The average molecular weight is 368 g/mol. The SMILES string of the molecule is COC(=O)c1cc(Br)c2oc(N3CCOCC3)cc(=O)c2c1. The van der Waals surface area contributed by atoms with E-state index in [4.69, 9.17) is 9.15 Å². The second-order valence-electron chi connectivity index (χ2n) is 4.87. The second-order valence-corrected chi connectivity index (χ2v) is 5.73. The summed E-state index contributed by atoms with van der Waals surface area (Å²) in [5.41, 5.74) is 0.518. The van der Waals surface area contributed by atoms with Gasteiger partial charge >= 0.3 is 5.97 Å². The zero-order valence-electron chi connectivity index (χ0n) is 11.9. The highest BCUT2D eigenvalue weighted by Gasteiger charge is 2.18. The fraction of sp³-hybridized carbons (Fsp3) is 0.333. The summed E-state index contributed by atoms with van der Waals surface area (Å²) in [6.45, 7) is 2.55. The third kappa shape index (κ3) is 2.74. The number of ether oxygens (including phenoxy) is 2. The number of carbonyl (C=O) groups excluding carboxylic acids is 1. The van der Waals surface area contributed by atoms with Crippen molar-refractivity contribution >= 4 is 38.8 Å². The van der Waals surface area contributed by atoms with Crippen LogP contribution in [0.25, 0.3) is 11.0 Å². The molecule has 116 valence electrons. The number of morpholine rings is 1. The van der Waals surface area contributed by atoms with Gasteiger partial charge in [-0.3, -0.25) is 4.79 Å². The van der Waals surface area contributed by atoms with Crippen LogP contribution in [0.3, 0.4) is 0 Å². The van der Waals surface area contributed by atoms with Crippen LogP contribution in [-0.4, -0.2) is 39.4 Å². The second kappa shape index (κ2) is 6.10. The Morgan fingerprint density at radius 1 is 1.27 bits per heavy atom. The van der Waals surface area contributed by atoms with E-state index in [-0.39, 0.29) is 5.43 Å². The van der Waals surface area contributed by atoms with Gasteiger partial charge < -0.3 is 18.8 Å². The van der Waals surface area contributed by atoms with E-state index in [1.165, 1.54) is 19.2 Å². The zero-order chi connectivity index (χ0) is 15.7.